The number of hydrogen-bond donors (Lipinski definition) is 2. The zero-order chi connectivity index (χ0) is 10.5. The van der Waals surface area contributed by atoms with Crippen molar-refractivity contribution in [2.45, 2.75) is 57.5 Å². The van der Waals surface area contributed by atoms with Crippen molar-refractivity contribution in [1.29, 1.82) is 0 Å². The van der Waals surface area contributed by atoms with Crippen molar-refractivity contribution < 1.29 is 5.11 Å². The standard InChI is InChI=1S/C13H25NO/c15-13-6-2-1-4-12(13)5-3-9-14-10-11-7-8-11/h11-15H,1-10H2. The quantitative estimate of drug-likeness (QED) is 0.661. The molecule has 2 unspecified atom stereocenters. The summed E-state index contributed by atoms with van der Waals surface area (Å²) in [4.78, 5) is 0. The van der Waals surface area contributed by atoms with Gasteiger partial charge in [-0.25, -0.2) is 0 Å². The predicted molar refractivity (Wildman–Crippen MR) is 62.8 cm³/mol. The second kappa shape index (κ2) is 5.86. The van der Waals surface area contributed by atoms with Crippen LogP contribution >= 0.6 is 0 Å². The first kappa shape index (κ1) is 11.4. The third kappa shape index (κ3) is 4.12. The van der Waals surface area contributed by atoms with Gasteiger partial charge >= 0.3 is 0 Å². The highest BCUT2D eigenvalue weighted by Gasteiger charge is 2.22. The van der Waals surface area contributed by atoms with Crippen molar-refractivity contribution in [3.05, 3.63) is 0 Å². The van der Waals surface area contributed by atoms with Crippen molar-refractivity contribution >= 4 is 0 Å². The van der Waals surface area contributed by atoms with E-state index < -0.39 is 0 Å². The van der Waals surface area contributed by atoms with Crippen molar-refractivity contribution in [2.24, 2.45) is 11.8 Å². The molecule has 0 amide bonds. The lowest BCUT2D eigenvalue weighted by atomic mass is 9.83. The number of aliphatic hydroxyl groups excluding tert-OH is 1. The normalized spacial score (nSPS) is 31.8. The maximum Gasteiger partial charge on any atom is 0.0568 e. The van der Waals surface area contributed by atoms with Crippen LogP contribution in [-0.2, 0) is 0 Å². The SMILES string of the molecule is OC1CCCCC1CCCNCC1CC1. The van der Waals surface area contributed by atoms with Crippen molar-refractivity contribution in [1.82, 2.24) is 5.32 Å². The van der Waals surface area contributed by atoms with Gasteiger partial charge in [-0.05, 0) is 63.5 Å². The molecule has 2 N–H and O–H groups in total. The van der Waals surface area contributed by atoms with Crippen LogP contribution in [0, 0.1) is 11.8 Å². The van der Waals surface area contributed by atoms with E-state index in [1.54, 1.807) is 0 Å². The third-order valence-electron chi connectivity index (χ3n) is 3.93. The molecular weight excluding hydrogens is 186 g/mol. The number of aliphatic hydroxyl groups is 1. The van der Waals surface area contributed by atoms with Crippen LogP contribution in [0.2, 0.25) is 0 Å². The third-order valence-corrected chi connectivity index (χ3v) is 3.93. The number of rotatable bonds is 6. The van der Waals surface area contributed by atoms with Crippen LogP contribution in [0.1, 0.15) is 51.4 Å². The number of nitrogens with one attached hydrogen (secondary N) is 1. The average Bonchev–Trinajstić information content (AvgIpc) is 3.04. The highest BCUT2D eigenvalue weighted by molar-refractivity contribution is 4.76. The molecule has 0 aliphatic heterocycles. The van der Waals surface area contributed by atoms with Crippen molar-refractivity contribution in [3.63, 3.8) is 0 Å². The Morgan fingerprint density at radius 2 is 1.87 bits per heavy atom. The van der Waals surface area contributed by atoms with E-state index >= 15 is 0 Å². The second-order valence-electron chi connectivity index (χ2n) is 5.40. The first-order valence-corrected chi connectivity index (χ1v) is 6.75. The minimum absolute atomic E-state index is 0.00202. The largest absolute Gasteiger partial charge is 0.393 e. The molecule has 0 spiro atoms. The van der Waals surface area contributed by atoms with Gasteiger partial charge in [0.15, 0.2) is 0 Å². The van der Waals surface area contributed by atoms with Crippen LogP contribution in [0.4, 0.5) is 0 Å². The highest BCUT2D eigenvalue weighted by atomic mass is 16.3. The van der Waals surface area contributed by atoms with E-state index in [1.165, 1.54) is 51.5 Å². The van der Waals surface area contributed by atoms with Crippen LogP contribution in [0.25, 0.3) is 0 Å². The molecule has 2 aliphatic carbocycles. The number of hydrogen-bond acceptors (Lipinski definition) is 2. The predicted octanol–water partition coefficient (Wildman–Crippen LogP) is 2.32. The maximum atomic E-state index is 9.80. The Labute approximate surface area is 93.5 Å². The lowest BCUT2D eigenvalue weighted by Gasteiger charge is -2.27. The molecule has 2 saturated carbocycles. The minimum atomic E-state index is 0.00202. The summed E-state index contributed by atoms with van der Waals surface area (Å²) in [7, 11) is 0. The van der Waals surface area contributed by atoms with Gasteiger partial charge in [0.25, 0.3) is 0 Å². The van der Waals surface area contributed by atoms with Crippen LogP contribution in [0.15, 0.2) is 0 Å². The Bertz CT molecular complexity index is 179. The van der Waals surface area contributed by atoms with Gasteiger partial charge in [0, 0.05) is 0 Å². The Kier molecular flexibility index (Phi) is 4.45. The molecule has 0 heterocycles. The second-order valence-corrected chi connectivity index (χ2v) is 5.40. The zero-order valence-electron chi connectivity index (χ0n) is 9.75. The fourth-order valence-corrected chi connectivity index (χ4v) is 2.64. The summed E-state index contributed by atoms with van der Waals surface area (Å²) in [6.45, 7) is 2.38. The Hall–Kier alpha value is -0.0800. The first-order chi connectivity index (χ1) is 7.36. The fraction of sp³-hybridized carbons (Fsp3) is 1.00. The van der Waals surface area contributed by atoms with Crippen LogP contribution in [0.3, 0.4) is 0 Å². The topological polar surface area (TPSA) is 32.3 Å². The summed E-state index contributed by atoms with van der Waals surface area (Å²) in [5, 5.41) is 13.3. The Morgan fingerprint density at radius 3 is 2.60 bits per heavy atom. The van der Waals surface area contributed by atoms with Gasteiger partial charge in [0.05, 0.1) is 6.10 Å². The monoisotopic (exact) mass is 211 g/mol. The molecule has 88 valence electrons. The van der Waals surface area contributed by atoms with Gasteiger partial charge in [0.2, 0.25) is 0 Å². The maximum absolute atomic E-state index is 9.80. The van der Waals surface area contributed by atoms with Crippen molar-refractivity contribution in [2.75, 3.05) is 13.1 Å². The summed E-state index contributed by atoms with van der Waals surface area (Å²) in [6, 6.07) is 0. The lowest BCUT2D eigenvalue weighted by molar-refractivity contribution is 0.0643. The van der Waals surface area contributed by atoms with Crippen LogP contribution in [0.5, 0.6) is 0 Å². The summed E-state index contributed by atoms with van der Waals surface area (Å²) in [6.07, 6.45) is 10.2. The summed E-state index contributed by atoms with van der Waals surface area (Å²) in [5.74, 6) is 1.59. The van der Waals surface area contributed by atoms with Gasteiger partial charge in [-0.2, -0.15) is 0 Å². The van der Waals surface area contributed by atoms with E-state index in [4.69, 9.17) is 0 Å². The average molecular weight is 211 g/mol. The molecule has 2 nitrogen and oxygen atoms in total. The molecule has 2 fully saturated rings. The first-order valence-electron chi connectivity index (χ1n) is 6.75. The van der Waals surface area contributed by atoms with E-state index in [1.807, 2.05) is 0 Å². The highest BCUT2D eigenvalue weighted by Crippen LogP contribution is 2.28. The van der Waals surface area contributed by atoms with Gasteiger partial charge in [0.1, 0.15) is 0 Å². The van der Waals surface area contributed by atoms with E-state index in [2.05, 4.69) is 5.32 Å². The van der Waals surface area contributed by atoms with E-state index in [9.17, 15) is 5.11 Å². The molecule has 2 heteroatoms. The molecule has 2 rings (SSSR count). The van der Waals surface area contributed by atoms with Gasteiger partial charge < -0.3 is 10.4 Å². The molecule has 0 aromatic heterocycles. The lowest BCUT2D eigenvalue weighted by Crippen LogP contribution is -2.26. The van der Waals surface area contributed by atoms with E-state index in [0.717, 1.165) is 18.9 Å². The smallest absolute Gasteiger partial charge is 0.0568 e. The summed E-state index contributed by atoms with van der Waals surface area (Å²) < 4.78 is 0. The van der Waals surface area contributed by atoms with Gasteiger partial charge in [-0.15, -0.1) is 0 Å². The molecule has 0 aromatic carbocycles. The van der Waals surface area contributed by atoms with Gasteiger partial charge in [-0.1, -0.05) is 12.8 Å². The summed E-state index contributed by atoms with van der Waals surface area (Å²) >= 11 is 0. The van der Waals surface area contributed by atoms with E-state index in [0.29, 0.717) is 5.92 Å². The molecule has 0 bridgehead atoms. The molecule has 0 saturated heterocycles. The van der Waals surface area contributed by atoms with Crippen molar-refractivity contribution in [3.8, 4) is 0 Å². The molecule has 2 atom stereocenters. The Balaban J connectivity index is 1.48. The molecule has 0 aromatic rings. The summed E-state index contributed by atoms with van der Waals surface area (Å²) in [5.41, 5.74) is 0. The van der Waals surface area contributed by atoms with Crippen LogP contribution < -0.4 is 5.32 Å². The fourth-order valence-electron chi connectivity index (χ4n) is 2.64. The molecular formula is C13H25NO. The molecule has 0 radical (unpaired) electrons. The van der Waals surface area contributed by atoms with Crippen LogP contribution in [-0.4, -0.2) is 24.3 Å². The van der Waals surface area contributed by atoms with Gasteiger partial charge in [-0.3, -0.25) is 0 Å². The molecule has 15 heavy (non-hydrogen) atoms. The minimum Gasteiger partial charge on any atom is -0.393 e. The molecule has 2 aliphatic rings. The zero-order valence-corrected chi connectivity index (χ0v) is 9.75. The Morgan fingerprint density at radius 1 is 1.07 bits per heavy atom. The van der Waals surface area contributed by atoms with E-state index in [-0.39, 0.29) is 6.10 Å².